The zero-order valence-electron chi connectivity index (χ0n) is 19.0. The number of fused-ring (bicyclic) bond motifs is 1. The van der Waals surface area contributed by atoms with Crippen LogP contribution in [0.4, 0.5) is 5.82 Å². The number of carbonyl (C=O) groups is 1. The van der Waals surface area contributed by atoms with Crippen molar-refractivity contribution < 1.29 is 9.53 Å². The average molecular weight is 488 g/mol. The lowest BCUT2D eigenvalue weighted by Crippen LogP contribution is -2.37. The highest BCUT2D eigenvalue weighted by molar-refractivity contribution is 8.26. The first-order chi connectivity index (χ1) is 16.0. The Hall–Kier alpha value is -2.27. The summed E-state index contributed by atoms with van der Waals surface area (Å²) in [5.41, 5.74) is 0.710. The fourth-order valence-electron chi connectivity index (χ4n) is 3.88. The highest BCUT2D eigenvalue weighted by Crippen LogP contribution is 2.34. The van der Waals surface area contributed by atoms with E-state index in [4.69, 9.17) is 17.0 Å². The average Bonchev–Trinajstić information content (AvgIpc) is 3.11. The molecule has 10 heteroatoms. The Morgan fingerprint density at radius 3 is 2.85 bits per heavy atom. The maximum atomic E-state index is 13.3. The molecule has 0 aromatic carbocycles. The van der Waals surface area contributed by atoms with Gasteiger partial charge in [-0.1, -0.05) is 37.0 Å². The Balaban J connectivity index is 1.60. The number of anilines is 1. The van der Waals surface area contributed by atoms with E-state index in [2.05, 4.69) is 15.2 Å². The van der Waals surface area contributed by atoms with E-state index in [1.54, 1.807) is 29.3 Å². The van der Waals surface area contributed by atoms with Crippen LogP contribution in [-0.2, 0) is 9.53 Å². The number of ether oxygens (including phenoxy) is 1. The Kier molecular flexibility index (Phi) is 7.79. The van der Waals surface area contributed by atoms with Gasteiger partial charge < -0.3 is 10.1 Å². The largest absolute Gasteiger partial charge is 0.379 e. The van der Waals surface area contributed by atoms with Gasteiger partial charge in [-0.2, -0.15) is 0 Å². The summed E-state index contributed by atoms with van der Waals surface area (Å²) in [6.45, 7) is 9.04. The van der Waals surface area contributed by atoms with Crippen LogP contribution in [0.3, 0.4) is 0 Å². The standard InChI is InChI=1S/C23H29N5O3S2/c1-3-16(2)28-22(30)18(33-23(28)32)15-17-20(24-8-6-9-26-11-13-31-14-12-26)25-19-7-4-5-10-27(19)21(17)29/h4-5,7,10,15-16,24H,3,6,8-9,11-14H2,1-2H3/b18-15-. The molecule has 0 aliphatic carbocycles. The van der Waals surface area contributed by atoms with Crippen LogP contribution in [0.25, 0.3) is 11.7 Å². The second kappa shape index (κ2) is 10.8. The SMILES string of the molecule is CCC(C)N1C(=O)/C(=C/c2c(NCCCN3CCOCC3)nc3ccccn3c2=O)SC1=S. The smallest absolute Gasteiger partial charge is 0.267 e. The van der Waals surface area contributed by atoms with Crippen molar-refractivity contribution in [1.82, 2.24) is 19.2 Å². The molecular formula is C23H29N5O3S2. The molecular weight excluding hydrogens is 458 g/mol. The minimum absolute atomic E-state index is 0.0111. The first-order valence-corrected chi connectivity index (χ1v) is 12.5. The Morgan fingerprint density at radius 1 is 1.30 bits per heavy atom. The van der Waals surface area contributed by atoms with Crippen molar-refractivity contribution >= 4 is 51.7 Å². The third kappa shape index (κ3) is 5.29. The highest BCUT2D eigenvalue weighted by atomic mass is 32.2. The van der Waals surface area contributed by atoms with Crippen molar-refractivity contribution in [3.05, 3.63) is 45.2 Å². The first kappa shape index (κ1) is 23.9. The number of rotatable bonds is 8. The van der Waals surface area contributed by atoms with Gasteiger partial charge in [0.15, 0.2) is 0 Å². The number of hydrogen-bond acceptors (Lipinski definition) is 8. The van der Waals surface area contributed by atoms with Gasteiger partial charge in [-0.15, -0.1) is 0 Å². The van der Waals surface area contributed by atoms with Crippen molar-refractivity contribution in [1.29, 1.82) is 0 Å². The van der Waals surface area contributed by atoms with Crippen molar-refractivity contribution in [2.75, 3.05) is 44.7 Å². The molecule has 4 heterocycles. The van der Waals surface area contributed by atoms with Gasteiger partial charge in [0.25, 0.3) is 11.5 Å². The van der Waals surface area contributed by atoms with E-state index in [0.29, 0.717) is 32.8 Å². The highest BCUT2D eigenvalue weighted by Gasteiger charge is 2.35. The number of nitrogens with one attached hydrogen (secondary N) is 1. The third-order valence-corrected chi connectivity index (χ3v) is 7.28. The summed E-state index contributed by atoms with van der Waals surface area (Å²) in [5, 5.41) is 3.34. The zero-order chi connectivity index (χ0) is 23.4. The number of amides is 1. The van der Waals surface area contributed by atoms with Crippen LogP contribution in [0.1, 0.15) is 32.3 Å². The summed E-state index contributed by atoms with van der Waals surface area (Å²) in [5.74, 6) is 0.331. The molecule has 4 rings (SSSR count). The molecule has 0 radical (unpaired) electrons. The summed E-state index contributed by atoms with van der Waals surface area (Å²) >= 11 is 6.68. The van der Waals surface area contributed by atoms with Gasteiger partial charge in [0.1, 0.15) is 15.8 Å². The molecule has 1 atom stereocenters. The molecule has 2 aliphatic heterocycles. The maximum Gasteiger partial charge on any atom is 0.267 e. The predicted molar refractivity (Wildman–Crippen MR) is 137 cm³/mol. The number of thiocarbonyl (C=S) groups is 1. The van der Waals surface area contributed by atoms with Crippen molar-refractivity contribution in [2.45, 2.75) is 32.7 Å². The van der Waals surface area contributed by atoms with Gasteiger partial charge in [-0.25, -0.2) is 4.98 Å². The number of pyridine rings is 1. The van der Waals surface area contributed by atoms with Crippen molar-refractivity contribution in [3.63, 3.8) is 0 Å². The molecule has 2 aliphatic rings. The van der Waals surface area contributed by atoms with E-state index >= 15 is 0 Å². The summed E-state index contributed by atoms with van der Waals surface area (Å²) in [4.78, 5) is 35.5. The lowest BCUT2D eigenvalue weighted by Gasteiger charge is -2.26. The van der Waals surface area contributed by atoms with E-state index in [0.717, 1.165) is 45.7 Å². The van der Waals surface area contributed by atoms with Crippen LogP contribution in [0.5, 0.6) is 0 Å². The summed E-state index contributed by atoms with van der Waals surface area (Å²) in [7, 11) is 0. The van der Waals surface area contributed by atoms with Gasteiger partial charge in [0.2, 0.25) is 0 Å². The Morgan fingerprint density at radius 2 is 2.09 bits per heavy atom. The Labute approximate surface area is 203 Å². The predicted octanol–water partition coefficient (Wildman–Crippen LogP) is 2.83. The second-order valence-electron chi connectivity index (χ2n) is 8.15. The molecule has 0 saturated carbocycles. The number of aromatic nitrogens is 2. The molecule has 2 fully saturated rings. The van der Waals surface area contributed by atoms with Crippen LogP contribution >= 0.6 is 24.0 Å². The molecule has 2 aromatic heterocycles. The van der Waals surface area contributed by atoms with E-state index in [9.17, 15) is 9.59 Å². The molecule has 0 bridgehead atoms. The number of morpholine rings is 1. The van der Waals surface area contributed by atoms with E-state index in [1.807, 2.05) is 19.9 Å². The molecule has 33 heavy (non-hydrogen) atoms. The van der Waals surface area contributed by atoms with Gasteiger partial charge in [-0.05, 0) is 44.5 Å². The monoisotopic (exact) mass is 487 g/mol. The molecule has 2 saturated heterocycles. The van der Waals surface area contributed by atoms with Crippen LogP contribution in [-0.4, -0.2) is 74.8 Å². The topological polar surface area (TPSA) is 79.2 Å². The van der Waals surface area contributed by atoms with Crippen molar-refractivity contribution in [3.8, 4) is 0 Å². The molecule has 2 aromatic rings. The normalized spacial score (nSPS) is 19.6. The van der Waals surface area contributed by atoms with E-state index in [-0.39, 0.29) is 17.5 Å². The van der Waals surface area contributed by atoms with Crippen LogP contribution in [0, 0.1) is 0 Å². The molecule has 1 unspecified atom stereocenters. The van der Waals surface area contributed by atoms with Gasteiger partial charge >= 0.3 is 0 Å². The fourth-order valence-corrected chi connectivity index (χ4v) is 5.32. The maximum absolute atomic E-state index is 13.3. The first-order valence-electron chi connectivity index (χ1n) is 11.3. The summed E-state index contributed by atoms with van der Waals surface area (Å²) in [6, 6.07) is 5.45. The van der Waals surface area contributed by atoms with Gasteiger partial charge in [-0.3, -0.25) is 23.8 Å². The minimum Gasteiger partial charge on any atom is -0.379 e. The lowest BCUT2D eigenvalue weighted by atomic mass is 10.2. The summed E-state index contributed by atoms with van der Waals surface area (Å²) < 4.78 is 7.42. The molecule has 1 N–H and O–H groups in total. The molecule has 0 spiro atoms. The number of thioether (sulfide) groups is 1. The number of carbonyl (C=O) groups excluding carboxylic acids is 1. The molecule has 176 valence electrons. The number of nitrogens with zero attached hydrogens (tertiary/aromatic N) is 4. The van der Waals surface area contributed by atoms with Crippen molar-refractivity contribution in [2.24, 2.45) is 0 Å². The molecule has 1 amide bonds. The van der Waals surface area contributed by atoms with Crippen LogP contribution < -0.4 is 10.9 Å². The van der Waals surface area contributed by atoms with Crippen LogP contribution in [0.2, 0.25) is 0 Å². The molecule has 8 nitrogen and oxygen atoms in total. The van der Waals surface area contributed by atoms with E-state index < -0.39 is 0 Å². The minimum atomic E-state index is -0.218. The van der Waals surface area contributed by atoms with Gasteiger partial charge in [0.05, 0.1) is 23.7 Å². The summed E-state index contributed by atoms with van der Waals surface area (Å²) in [6.07, 6.45) is 5.04. The Bertz CT molecular complexity index is 1130. The fraction of sp³-hybridized carbons (Fsp3) is 0.478. The van der Waals surface area contributed by atoms with E-state index in [1.165, 1.54) is 16.2 Å². The second-order valence-corrected chi connectivity index (χ2v) is 9.83. The van der Waals surface area contributed by atoms with Crippen LogP contribution in [0.15, 0.2) is 34.1 Å². The lowest BCUT2D eigenvalue weighted by molar-refractivity contribution is -0.123. The number of hydrogen-bond donors (Lipinski definition) is 1. The van der Waals surface area contributed by atoms with Gasteiger partial charge in [0, 0.05) is 31.9 Å². The quantitative estimate of drug-likeness (QED) is 0.346. The zero-order valence-corrected chi connectivity index (χ0v) is 20.6. The third-order valence-electron chi connectivity index (χ3n) is 5.95.